The Labute approximate surface area is 108 Å². The molecule has 1 heterocycles. The van der Waals surface area contributed by atoms with Crippen LogP contribution in [0.2, 0.25) is 0 Å². The first-order valence-electron chi connectivity index (χ1n) is 5.51. The van der Waals surface area contributed by atoms with E-state index in [9.17, 15) is 0 Å². The average Bonchev–Trinajstić information content (AvgIpc) is 2.86. The van der Waals surface area contributed by atoms with Crippen molar-refractivity contribution in [3.05, 3.63) is 20.3 Å². The normalized spacial score (nSPS) is 18.1. The first-order valence-corrected chi connectivity index (χ1v) is 7.12. The fourth-order valence-electron chi connectivity index (χ4n) is 1.96. The summed E-state index contributed by atoms with van der Waals surface area (Å²) in [5.41, 5.74) is 3.96. The Kier molecular flexibility index (Phi) is 4.00. The lowest BCUT2D eigenvalue weighted by Gasteiger charge is -2.07. The quantitative estimate of drug-likeness (QED) is 0.382. The van der Waals surface area contributed by atoms with E-state index in [1.54, 1.807) is 11.3 Å². The third-order valence-electron chi connectivity index (χ3n) is 2.86. The van der Waals surface area contributed by atoms with Crippen molar-refractivity contribution in [2.45, 2.75) is 38.6 Å². The molecule has 16 heavy (non-hydrogen) atoms. The molecule has 0 unspecified atom stereocenters. The van der Waals surface area contributed by atoms with Gasteiger partial charge in [-0.1, -0.05) is 12.8 Å². The Bertz CT molecular complexity index is 374. The summed E-state index contributed by atoms with van der Waals surface area (Å²) in [4.78, 5) is 5.80. The predicted octanol–water partition coefficient (Wildman–Crippen LogP) is 2.97. The van der Waals surface area contributed by atoms with Gasteiger partial charge in [-0.05, 0) is 47.3 Å². The summed E-state index contributed by atoms with van der Waals surface area (Å²) < 4.78 is 1.15. The number of amidine groups is 1. The van der Waals surface area contributed by atoms with Crippen LogP contribution in [0.1, 0.15) is 36.1 Å². The lowest BCUT2D eigenvalue weighted by atomic mass is 10.2. The number of thiophene rings is 1. The number of rotatable bonds is 2. The minimum Gasteiger partial charge on any atom is -0.308 e. The van der Waals surface area contributed by atoms with Crippen molar-refractivity contribution in [2.75, 3.05) is 0 Å². The zero-order valence-electron chi connectivity index (χ0n) is 9.29. The number of aryl methyl sites for hydroxylation is 1. The summed E-state index contributed by atoms with van der Waals surface area (Å²) in [5.74, 6) is 6.38. The Hall–Kier alpha value is -0.390. The molecule has 1 aliphatic rings. The molecule has 2 rings (SSSR count). The van der Waals surface area contributed by atoms with Crippen molar-refractivity contribution >= 4 is 33.1 Å². The van der Waals surface area contributed by atoms with Crippen LogP contribution in [-0.4, -0.2) is 11.9 Å². The van der Waals surface area contributed by atoms with Gasteiger partial charge in [-0.25, -0.2) is 5.84 Å². The monoisotopic (exact) mass is 301 g/mol. The van der Waals surface area contributed by atoms with Crippen LogP contribution in [0.5, 0.6) is 0 Å². The maximum Gasteiger partial charge on any atom is 0.153 e. The highest BCUT2D eigenvalue weighted by Crippen LogP contribution is 2.28. The maximum atomic E-state index is 5.55. The van der Waals surface area contributed by atoms with Crippen LogP contribution in [0.15, 0.2) is 14.8 Å². The summed E-state index contributed by atoms with van der Waals surface area (Å²) in [5, 5.41) is 0. The second kappa shape index (κ2) is 5.29. The van der Waals surface area contributed by atoms with E-state index >= 15 is 0 Å². The van der Waals surface area contributed by atoms with E-state index in [1.165, 1.54) is 31.2 Å². The number of nitrogens with zero attached hydrogens (tertiary/aromatic N) is 1. The summed E-state index contributed by atoms with van der Waals surface area (Å²) >= 11 is 5.19. The molecular weight excluding hydrogens is 286 g/mol. The second-order valence-electron chi connectivity index (χ2n) is 4.13. The van der Waals surface area contributed by atoms with E-state index in [-0.39, 0.29) is 0 Å². The molecule has 88 valence electrons. The van der Waals surface area contributed by atoms with Gasteiger partial charge in [-0.15, -0.1) is 11.3 Å². The molecule has 1 aromatic heterocycles. The van der Waals surface area contributed by atoms with Crippen molar-refractivity contribution in [1.29, 1.82) is 0 Å². The molecule has 1 aromatic rings. The number of halogens is 1. The molecule has 3 N–H and O–H groups in total. The Morgan fingerprint density at radius 2 is 2.25 bits per heavy atom. The van der Waals surface area contributed by atoms with E-state index in [2.05, 4.69) is 39.3 Å². The van der Waals surface area contributed by atoms with Crippen molar-refractivity contribution in [2.24, 2.45) is 10.8 Å². The Morgan fingerprint density at radius 3 is 2.75 bits per heavy atom. The van der Waals surface area contributed by atoms with Crippen molar-refractivity contribution in [3.63, 3.8) is 0 Å². The minimum absolute atomic E-state index is 0.451. The number of hydrogen-bond acceptors (Lipinski definition) is 3. The molecule has 0 aliphatic heterocycles. The minimum atomic E-state index is 0.451. The molecule has 0 radical (unpaired) electrons. The Balaban J connectivity index is 2.20. The largest absolute Gasteiger partial charge is 0.308 e. The second-order valence-corrected chi connectivity index (χ2v) is 6.50. The summed E-state index contributed by atoms with van der Waals surface area (Å²) in [6.45, 7) is 2.08. The molecule has 3 nitrogen and oxygen atoms in total. The van der Waals surface area contributed by atoms with Crippen LogP contribution in [0.25, 0.3) is 0 Å². The number of hydrogen-bond donors (Lipinski definition) is 2. The van der Waals surface area contributed by atoms with E-state index in [1.807, 2.05) is 0 Å². The van der Waals surface area contributed by atoms with Gasteiger partial charge in [0.05, 0.1) is 14.7 Å². The smallest absolute Gasteiger partial charge is 0.153 e. The third kappa shape index (κ3) is 2.64. The standard InChI is InChI=1S/C11H16BrN3S/c1-7-6-9(16-10(7)12)11(15-13)14-8-4-2-3-5-8/h6,8H,2-5,13H2,1H3,(H,14,15). The van der Waals surface area contributed by atoms with Gasteiger partial charge in [0.2, 0.25) is 0 Å². The van der Waals surface area contributed by atoms with Crippen LogP contribution in [0.3, 0.4) is 0 Å². The van der Waals surface area contributed by atoms with Crippen molar-refractivity contribution in [1.82, 2.24) is 5.43 Å². The van der Waals surface area contributed by atoms with Gasteiger partial charge in [0.1, 0.15) is 0 Å². The van der Waals surface area contributed by atoms with Gasteiger partial charge < -0.3 is 5.43 Å². The molecule has 0 aromatic carbocycles. The lowest BCUT2D eigenvalue weighted by molar-refractivity contribution is 0.701. The highest BCUT2D eigenvalue weighted by atomic mass is 79.9. The van der Waals surface area contributed by atoms with Gasteiger partial charge in [0.25, 0.3) is 0 Å². The first kappa shape index (κ1) is 12.1. The Morgan fingerprint density at radius 1 is 1.56 bits per heavy atom. The summed E-state index contributed by atoms with van der Waals surface area (Å²) in [6, 6.07) is 2.56. The highest BCUT2D eigenvalue weighted by molar-refractivity contribution is 9.11. The fraction of sp³-hybridized carbons (Fsp3) is 0.545. The van der Waals surface area contributed by atoms with Crippen molar-refractivity contribution in [3.8, 4) is 0 Å². The molecule has 0 spiro atoms. The molecule has 1 fully saturated rings. The highest BCUT2D eigenvalue weighted by Gasteiger charge is 2.16. The van der Waals surface area contributed by atoms with Crippen LogP contribution in [0, 0.1) is 6.92 Å². The van der Waals surface area contributed by atoms with E-state index < -0.39 is 0 Å². The van der Waals surface area contributed by atoms with Crippen LogP contribution >= 0.6 is 27.3 Å². The average molecular weight is 302 g/mol. The van der Waals surface area contributed by atoms with Crippen LogP contribution in [-0.2, 0) is 0 Å². The third-order valence-corrected chi connectivity index (χ3v) is 5.01. The summed E-state index contributed by atoms with van der Waals surface area (Å²) in [6.07, 6.45) is 4.96. The zero-order chi connectivity index (χ0) is 11.5. The molecule has 0 atom stereocenters. The number of nitrogens with one attached hydrogen (secondary N) is 1. The van der Waals surface area contributed by atoms with E-state index in [0.717, 1.165) is 14.5 Å². The van der Waals surface area contributed by atoms with E-state index in [0.29, 0.717) is 6.04 Å². The van der Waals surface area contributed by atoms with Gasteiger partial charge in [-0.2, -0.15) is 0 Å². The predicted molar refractivity (Wildman–Crippen MR) is 72.9 cm³/mol. The van der Waals surface area contributed by atoms with Crippen molar-refractivity contribution < 1.29 is 0 Å². The summed E-state index contributed by atoms with van der Waals surface area (Å²) in [7, 11) is 0. The lowest BCUT2D eigenvalue weighted by Crippen LogP contribution is -2.31. The molecular formula is C11H16BrN3S. The molecule has 0 bridgehead atoms. The number of hydrazine groups is 1. The molecule has 1 aliphatic carbocycles. The number of aliphatic imine (C=N–C) groups is 1. The number of nitrogens with two attached hydrogens (primary N) is 1. The van der Waals surface area contributed by atoms with Gasteiger partial charge >= 0.3 is 0 Å². The van der Waals surface area contributed by atoms with Crippen LogP contribution in [0.4, 0.5) is 0 Å². The first-order chi connectivity index (χ1) is 7.70. The molecule has 0 amide bonds. The molecule has 1 saturated carbocycles. The molecule has 5 heteroatoms. The zero-order valence-corrected chi connectivity index (χ0v) is 11.7. The van der Waals surface area contributed by atoms with Gasteiger partial charge in [0, 0.05) is 0 Å². The van der Waals surface area contributed by atoms with Gasteiger partial charge in [0.15, 0.2) is 5.84 Å². The van der Waals surface area contributed by atoms with E-state index in [4.69, 9.17) is 5.84 Å². The SMILES string of the molecule is Cc1cc(C(=NC2CCCC2)NN)sc1Br. The topological polar surface area (TPSA) is 50.4 Å². The van der Waals surface area contributed by atoms with Gasteiger partial charge in [-0.3, -0.25) is 4.99 Å². The fourth-order valence-corrected chi connectivity index (χ4v) is 3.46. The maximum absolute atomic E-state index is 5.55. The van der Waals surface area contributed by atoms with Crippen LogP contribution < -0.4 is 11.3 Å². The molecule has 0 saturated heterocycles.